The average Bonchev–Trinajstić information content (AvgIpc) is 3.12. The summed E-state index contributed by atoms with van der Waals surface area (Å²) in [7, 11) is 0. The minimum absolute atomic E-state index is 0.0463. The Kier molecular flexibility index (Phi) is 7.94. The lowest BCUT2D eigenvalue weighted by molar-refractivity contribution is -0.0498. The van der Waals surface area contributed by atoms with Crippen LogP contribution in [0.2, 0.25) is 0 Å². The van der Waals surface area contributed by atoms with Crippen molar-refractivity contribution in [3.63, 3.8) is 0 Å². The number of halogens is 2. The van der Waals surface area contributed by atoms with E-state index >= 15 is 0 Å². The summed E-state index contributed by atoms with van der Waals surface area (Å²) in [4.78, 5) is 29.6. The molecule has 2 aromatic carbocycles. The normalized spacial score (nSPS) is 10.9. The lowest BCUT2D eigenvalue weighted by Crippen LogP contribution is -2.39. The van der Waals surface area contributed by atoms with Crippen molar-refractivity contribution < 1.29 is 23.1 Å². The van der Waals surface area contributed by atoms with Crippen LogP contribution in [0.25, 0.3) is 11.3 Å². The van der Waals surface area contributed by atoms with Crippen molar-refractivity contribution in [1.29, 1.82) is 0 Å². The van der Waals surface area contributed by atoms with Gasteiger partial charge in [-0.2, -0.15) is 8.78 Å². The first-order valence-electron chi connectivity index (χ1n) is 10.2. The number of hydrogen-bond acceptors (Lipinski definition) is 5. The standard InChI is InChI=1S/C23H24F2N4O3S/c1-13(2)27-22(31)26-12-15-4-6-17(7-5-15)20(30)29-23-28-19(14(3)33-23)16-8-10-18(11-9-16)32-21(24)25/h4-11,13,21H,12H2,1-3H3,(H2,26,27,31)(H,28,29,30). The molecule has 0 bridgehead atoms. The van der Waals surface area contributed by atoms with Crippen molar-refractivity contribution in [3.05, 3.63) is 64.5 Å². The number of thiazole rings is 1. The molecule has 10 heteroatoms. The second-order valence-electron chi connectivity index (χ2n) is 7.46. The number of hydrogen-bond donors (Lipinski definition) is 3. The first-order valence-corrected chi connectivity index (χ1v) is 11.0. The number of rotatable bonds is 8. The Morgan fingerprint density at radius 3 is 2.33 bits per heavy atom. The van der Waals surface area contributed by atoms with Gasteiger partial charge in [0, 0.05) is 28.6 Å². The number of carbonyl (C=O) groups excluding carboxylic acids is 2. The maximum atomic E-state index is 12.6. The maximum Gasteiger partial charge on any atom is 0.387 e. The predicted octanol–water partition coefficient (Wildman–Crippen LogP) is 5.18. The van der Waals surface area contributed by atoms with Gasteiger partial charge in [0.2, 0.25) is 0 Å². The van der Waals surface area contributed by atoms with E-state index in [1.807, 2.05) is 20.8 Å². The maximum absolute atomic E-state index is 12.6. The van der Waals surface area contributed by atoms with Gasteiger partial charge in [-0.05, 0) is 62.7 Å². The number of benzene rings is 2. The second-order valence-corrected chi connectivity index (χ2v) is 8.66. The van der Waals surface area contributed by atoms with Crippen LogP contribution < -0.4 is 20.7 Å². The van der Waals surface area contributed by atoms with Crippen molar-refractivity contribution in [2.75, 3.05) is 5.32 Å². The monoisotopic (exact) mass is 474 g/mol. The van der Waals surface area contributed by atoms with Crippen LogP contribution in [0, 0.1) is 6.92 Å². The van der Waals surface area contributed by atoms with E-state index < -0.39 is 6.61 Å². The summed E-state index contributed by atoms with van der Waals surface area (Å²) in [5.74, 6) is -0.248. The molecular weight excluding hydrogens is 450 g/mol. The van der Waals surface area contributed by atoms with Gasteiger partial charge in [0.05, 0.1) is 5.69 Å². The molecule has 0 unspecified atom stereocenters. The van der Waals surface area contributed by atoms with Gasteiger partial charge in [-0.15, -0.1) is 11.3 Å². The molecule has 0 saturated carbocycles. The average molecular weight is 475 g/mol. The highest BCUT2D eigenvalue weighted by Gasteiger charge is 2.14. The molecule has 3 aromatic rings. The van der Waals surface area contributed by atoms with Gasteiger partial charge in [0.25, 0.3) is 5.91 Å². The number of nitrogens with zero attached hydrogens (tertiary/aromatic N) is 1. The molecule has 0 atom stereocenters. The van der Waals surface area contributed by atoms with E-state index in [1.165, 1.54) is 23.5 Å². The number of alkyl halides is 2. The topological polar surface area (TPSA) is 92.4 Å². The van der Waals surface area contributed by atoms with Crippen molar-refractivity contribution in [3.8, 4) is 17.0 Å². The molecule has 3 rings (SSSR count). The summed E-state index contributed by atoms with van der Waals surface area (Å²) in [6.07, 6.45) is 0. The minimum atomic E-state index is -2.88. The molecule has 1 heterocycles. The Balaban J connectivity index is 1.61. The Bertz CT molecular complexity index is 1100. The number of ether oxygens (including phenoxy) is 1. The molecule has 3 N–H and O–H groups in total. The van der Waals surface area contributed by atoms with Crippen LogP contribution >= 0.6 is 11.3 Å². The first-order chi connectivity index (χ1) is 15.7. The highest BCUT2D eigenvalue weighted by molar-refractivity contribution is 7.16. The summed E-state index contributed by atoms with van der Waals surface area (Å²) in [6, 6.07) is 12.9. The lowest BCUT2D eigenvalue weighted by atomic mass is 10.1. The van der Waals surface area contributed by atoms with Crippen LogP contribution in [-0.4, -0.2) is 29.6 Å². The van der Waals surface area contributed by atoms with Gasteiger partial charge in [0.1, 0.15) is 5.75 Å². The number of aryl methyl sites for hydroxylation is 1. The number of urea groups is 1. The predicted molar refractivity (Wildman–Crippen MR) is 124 cm³/mol. The summed E-state index contributed by atoms with van der Waals surface area (Å²) in [6.45, 7) is 3.08. The van der Waals surface area contributed by atoms with E-state index in [1.54, 1.807) is 36.4 Å². The fourth-order valence-electron chi connectivity index (χ4n) is 2.95. The highest BCUT2D eigenvalue weighted by Crippen LogP contribution is 2.31. The molecule has 7 nitrogen and oxygen atoms in total. The molecule has 0 spiro atoms. The molecule has 1 aromatic heterocycles. The van der Waals surface area contributed by atoms with Gasteiger partial charge in [-0.1, -0.05) is 12.1 Å². The number of aromatic nitrogens is 1. The van der Waals surface area contributed by atoms with Crippen molar-refractivity contribution in [2.24, 2.45) is 0 Å². The quantitative estimate of drug-likeness (QED) is 0.420. The highest BCUT2D eigenvalue weighted by atomic mass is 32.1. The Labute approximate surface area is 194 Å². The molecule has 0 aliphatic heterocycles. The number of anilines is 1. The van der Waals surface area contributed by atoms with Gasteiger partial charge in [-0.25, -0.2) is 9.78 Å². The lowest BCUT2D eigenvalue weighted by Gasteiger charge is -2.10. The van der Waals surface area contributed by atoms with Crippen LogP contribution in [0.1, 0.15) is 34.6 Å². The number of carbonyl (C=O) groups is 2. The van der Waals surface area contributed by atoms with E-state index in [4.69, 9.17) is 0 Å². The van der Waals surface area contributed by atoms with E-state index in [0.717, 1.165) is 16.0 Å². The van der Waals surface area contributed by atoms with Gasteiger partial charge in [0.15, 0.2) is 5.13 Å². The van der Waals surface area contributed by atoms with Gasteiger partial charge >= 0.3 is 12.6 Å². The largest absolute Gasteiger partial charge is 0.435 e. The molecule has 0 aliphatic carbocycles. The molecule has 174 valence electrons. The molecule has 0 aliphatic rings. The third-order valence-electron chi connectivity index (χ3n) is 4.46. The van der Waals surface area contributed by atoms with Gasteiger partial charge < -0.3 is 15.4 Å². The minimum Gasteiger partial charge on any atom is -0.435 e. The Morgan fingerprint density at radius 1 is 1.06 bits per heavy atom. The van der Waals surface area contributed by atoms with E-state index in [0.29, 0.717) is 22.9 Å². The molecule has 3 amide bonds. The van der Waals surface area contributed by atoms with Gasteiger partial charge in [-0.3, -0.25) is 10.1 Å². The second kappa shape index (κ2) is 10.9. The molecule has 33 heavy (non-hydrogen) atoms. The summed E-state index contributed by atoms with van der Waals surface area (Å²) in [5.41, 5.74) is 2.69. The molecule has 0 saturated heterocycles. The van der Waals surface area contributed by atoms with Crippen molar-refractivity contribution >= 4 is 28.4 Å². The fraction of sp³-hybridized carbons (Fsp3) is 0.261. The summed E-state index contributed by atoms with van der Waals surface area (Å²) < 4.78 is 29.0. The van der Waals surface area contributed by atoms with E-state index in [-0.39, 0.29) is 23.7 Å². The molecular formula is C23H24F2N4O3S. The van der Waals surface area contributed by atoms with Crippen molar-refractivity contribution in [2.45, 2.75) is 40.0 Å². The molecule has 0 radical (unpaired) electrons. The SMILES string of the molecule is Cc1sc(NC(=O)c2ccc(CNC(=O)NC(C)C)cc2)nc1-c1ccc(OC(F)F)cc1. The smallest absolute Gasteiger partial charge is 0.387 e. The van der Waals surface area contributed by atoms with Crippen LogP contribution in [0.4, 0.5) is 18.7 Å². The fourth-order valence-corrected chi connectivity index (χ4v) is 3.78. The zero-order chi connectivity index (χ0) is 24.0. The molecule has 0 fully saturated rings. The number of nitrogens with one attached hydrogen (secondary N) is 3. The van der Waals surface area contributed by atoms with E-state index in [2.05, 4.69) is 25.7 Å². The number of amides is 3. The first kappa shape index (κ1) is 24.1. The van der Waals surface area contributed by atoms with Crippen molar-refractivity contribution in [1.82, 2.24) is 15.6 Å². The van der Waals surface area contributed by atoms with Crippen LogP contribution in [0.3, 0.4) is 0 Å². The summed E-state index contributed by atoms with van der Waals surface area (Å²) in [5, 5.41) is 8.70. The Morgan fingerprint density at radius 2 is 1.73 bits per heavy atom. The van der Waals surface area contributed by atoms with E-state index in [9.17, 15) is 18.4 Å². The third-order valence-corrected chi connectivity index (χ3v) is 5.35. The van der Waals surface area contributed by atoms with Crippen LogP contribution in [0.15, 0.2) is 48.5 Å². The zero-order valence-electron chi connectivity index (χ0n) is 18.3. The third kappa shape index (κ3) is 6.98. The van der Waals surface area contributed by atoms with Crippen LogP contribution in [0.5, 0.6) is 5.75 Å². The zero-order valence-corrected chi connectivity index (χ0v) is 19.1. The van der Waals surface area contributed by atoms with Crippen LogP contribution in [-0.2, 0) is 6.54 Å². The summed E-state index contributed by atoms with van der Waals surface area (Å²) >= 11 is 1.32. The Hall–Kier alpha value is -3.53.